The van der Waals surface area contributed by atoms with Crippen molar-refractivity contribution in [3.8, 4) is 10.4 Å². The van der Waals surface area contributed by atoms with Crippen molar-refractivity contribution < 1.29 is 0 Å². The summed E-state index contributed by atoms with van der Waals surface area (Å²) in [5, 5.41) is 13.8. The summed E-state index contributed by atoms with van der Waals surface area (Å²) in [6.45, 7) is 7.22. The van der Waals surface area contributed by atoms with Crippen LogP contribution in [0.4, 0.5) is 5.69 Å². The van der Waals surface area contributed by atoms with Crippen molar-refractivity contribution >= 4 is 28.6 Å². The molecule has 4 rings (SSSR count). The maximum Gasteiger partial charge on any atom is 0.124 e. The Morgan fingerprint density at radius 3 is 2.95 bits per heavy atom. The molecule has 0 spiro atoms. The summed E-state index contributed by atoms with van der Waals surface area (Å²) in [6.07, 6.45) is 2.99. The van der Waals surface area contributed by atoms with Gasteiger partial charge in [-0.15, -0.1) is 11.3 Å². The first-order valence-corrected chi connectivity index (χ1v) is 7.46. The Hall–Kier alpha value is -1.92. The smallest absolute Gasteiger partial charge is 0.124 e. The van der Waals surface area contributed by atoms with Gasteiger partial charge < -0.3 is 10.6 Å². The number of nitrogens with zero attached hydrogens (tertiary/aromatic N) is 2. The summed E-state index contributed by atoms with van der Waals surface area (Å²) in [5.41, 5.74) is 4.16. The van der Waals surface area contributed by atoms with Crippen LogP contribution >= 0.6 is 11.3 Å². The number of aryl methyl sites for hydroxylation is 1. The summed E-state index contributed by atoms with van der Waals surface area (Å²) in [7, 11) is 0. The van der Waals surface area contributed by atoms with Crippen LogP contribution in [-0.4, -0.2) is 28.6 Å². The quantitative estimate of drug-likeness (QED) is 0.794. The molecule has 0 bridgehead atoms. The molecule has 2 aliphatic rings. The number of fused-ring (bicyclic) bond motifs is 1. The molecular formula is C14H15N5S. The summed E-state index contributed by atoms with van der Waals surface area (Å²) in [5.74, 6) is 0.988. The van der Waals surface area contributed by atoms with Gasteiger partial charge in [-0.3, -0.25) is 5.10 Å². The van der Waals surface area contributed by atoms with Crippen molar-refractivity contribution in [1.82, 2.24) is 20.8 Å². The Kier molecular flexibility index (Phi) is 2.55. The molecule has 1 fully saturated rings. The van der Waals surface area contributed by atoms with E-state index in [1.165, 1.54) is 4.88 Å². The highest BCUT2D eigenvalue weighted by molar-refractivity contribution is 7.17. The third kappa shape index (κ3) is 1.72. The largest absolute Gasteiger partial charge is 0.342 e. The van der Waals surface area contributed by atoms with E-state index in [0.29, 0.717) is 6.04 Å². The van der Waals surface area contributed by atoms with Crippen LogP contribution in [0.25, 0.3) is 16.1 Å². The van der Waals surface area contributed by atoms with Crippen LogP contribution in [0, 0.1) is 6.92 Å². The lowest BCUT2D eigenvalue weighted by atomic mass is 10.0. The van der Waals surface area contributed by atoms with E-state index in [0.717, 1.165) is 46.3 Å². The van der Waals surface area contributed by atoms with Gasteiger partial charge >= 0.3 is 0 Å². The van der Waals surface area contributed by atoms with Gasteiger partial charge in [-0.05, 0) is 26.0 Å². The average molecular weight is 285 g/mol. The number of aromatic amines is 1. The molecule has 1 saturated heterocycles. The Labute approximate surface area is 120 Å². The van der Waals surface area contributed by atoms with Gasteiger partial charge in [0.25, 0.3) is 0 Å². The number of amidine groups is 1. The highest BCUT2D eigenvalue weighted by atomic mass is 32.1. The predicted octanol–water partition coefficient (Wildman–Crippen LogP) is 2.41. The lowest BCUT2D eigenvalue weighted by molar-refractivity contribution is 0.453. The fourth-order valence-electron chi connectivity index (χ4n) is 2.47. The van der Waals surface area contributed by atoms with Crippen LogP contribution in [0.1, 0.15) is 17.0 Å². The van der Waals surface area contributed by atoms with Crippen molar-refractivity contribution in [1.29, 1.82) is 0 Å². The molecule has 2 aromatic heterocycles. The normalized spacial score (nSPS) is 20.9. The minimum atomic E-state index is 0.346. The summed E-state index contributed by atoms with van der Waals surface area (Å²) in [4.78, 5) is 7.03. The molecule has 1 atom stereocenters. The van der Waals surface area contributed by atoms with Gasteiger partial charge in [-0.2, -0.15) is 5.10 Å². The van der Waals surface area contributed by atoms with Crippen molar-refractivity contribution in [2.45, 2.75) is 19.4 Å². The molecule has 20 heavy (non-hydrogen) atoms. The monoisotopic (exact) mass is 285 g/mol. The van der Waals surface area contributed by atoms with Crippen molar-refractivity contribution in [2.75, 3.05) is 6.54 Å². The van der Waals surface area contributed by atoms with Crippen molar-refractivity contribution in [3.05, 3.63) is 29.4 Å². The number of aromatic nitrogens is 2. The Morgan fingerprint density at radius 1 is 1.45 bits per heavy atom. The number of rotatable bonds is 2. The first-order valence-electron chi connectivity index (χ1n) is 6.65. The van der Waals surface area contributed by atoms with Crippen molar-refractivity contribution in [2.24, 2.45) is 4.99 Å². The van der Waals surface area contributed by atoms with Crippen LogP contribution in [0.15, 0.2) is 23.8 Å². The minimum absolute atomic E-state index is 0.346. The van der Waals surface area contributed by atoms with E-state index in [1.807, 2.05) is 13.1 Å². The molecule has 102 valence electrons. The maximum atomic E-state index is 4.74. The summed E-state index contributed by atoms with van der Waals surface area (Å²) < 4.78 is 0. The van der Waals surface area contributed by atoms with Crippen LogP contribution in [0.2, 0.25) is 0 Å². The number of H-pyrrole nitrogens is 1. The standard InChI is InChI=1S/C14H15N5S/c1-7-9(6-16-19-7)12-5-11-13(20-12)8(2)17-14(18-11)10-3-4-15-10/h5-6,10,15H,2-4H2,1H3,(H,16,19)(H,17,18)/t10-/m0/s1. The zero-order chi connectivity index (χ0) is 13.7. The number of hydrogen-bond donors (Lipinski definition) is 3. The SMILES string of the molecule is C=C1NC([C@@H]2CCN2)=Nc2cc(-c3cn[nH]c3C)sc21. The van der Waals surface area contributed by atoms with E-state index in [4.69, 9.17) is 4.99 Å². The molecule has 0 unspecified atom stereocenters. The third-order valence-corrected chi connectivity index (χ3v) is 4.97. The molecule has 0 aliphatic carbocycles. The van der Waals surface area contributed by atoms with Crippen LogP contribution in [0.5, 0.6) is 0 Å². The van der Waals surface area contributed by atoms with Gasteiger partial charge in [-0.1, -0.05) is 6.58 Å². The zero-order valence-electron chi connectivity index (χ0n) is 11.2. The van der Waals surface area contributed by atoms with Gasteiger partial charge in [0, 0.05) is 16.1 Å². The molecule has 3 N–H and O–H groups in total. The van der Waals surface area contributed by atoms with Crippen LogP contribution < -0.4 is 10.6 Å². The molecule has 2 aliphatic heterocycles. The maximum absolute atomic E-state index is 4.74. The first kappa shape index (κ1) is 11.9. The Balaban J connectivity index is 1.77. The molecule has 4 heterocycles. The lowest BCUT2D eigenvalue weighted by Crippen LogP contribution is -2.53. The van der Waals surface area contributed by atoms with Gasteiger partial charge in [0.05, 0.1) is 28.5 Å². The fourth-order valence-corrected chi connectivity index (χ4v) is 3.56. The topological polar surface area (TPSA) is 65.1 Å². The van der Waals surface area contributed by atoms with Gasteiger partial charge in [-0.25, -0.2) is 4.99 Å². The van der Waals surface area contributed by atoms with Crippen molar-refractivity contribution in [3.63, 3.8) is 0 Å². The van der Waals surface area contributed by atoms with Gasteiger partial charge in [0.1, 0.15) is 5.84 Å². The van der Waals surface area contributed by atoms with E-state index >= 15 is 0 Å². The molecule has 0 radical (unpaired) electrons. The molecule has 5 nitrogen and oxygen atoms in total. The fraction of sp³-hybridized carbons (Fsp3) is 0.286. The summed E-state index contributed by atoms with van der Waals surface area (Å²) in [6, 6.07) is 2.47. The van der Waals surface area contributed by atoms with E-state index < -0.39 is 0 Å². The van der Waals surface area contributed by atoms with E-state index in [9.17, 15) is 0 Å². The second-order valence-electron chi connectivity index (χ2n) is 5.13. The van der Waals surface area contributed by atoms with Crippen LogP contribution in [-0.2, 0) is 0 Å². The second-order valence-corrected chi connectivity index (χ2v) is 6.18. The average Bonchev–Trinajstić information content (AvgIpc) is 2.92. The van der Waals surface area contributed by atoms with E-state index in [-0.39, 0.29) is 0 Å². The molecule has 0 saturated carbocycles. The van der Waals surface area contributed by atoms with Crippen LogP contribution in [0.3, 0.4) is 0 Å². The highest BCUT2D eigenvalue weighted by Crippen LogP contribution is 2.41. The minimum Gasteiger partial charge on any atom is -0.342 e. The molecule has 0 aromatic carbocycles. The molecule has 0 amide bonds. The zero-order valence-corrected chi connectivity index (χ0v) is 12.0. The Morgan fingerprint density at radius 2 is 2.30 bits per heavy atom. The van der Waals surface area contributed by atoms with Gasteiger partial charge in [0.2, 0.25) is 0 Å². The highest BCUT2D eigenvalue weighted by Gasteiger charge is 2.27. The predicted molar refractivity (Wildman–Crippen MR) is 82.3 cm³/mol. The second kappa shape index (κ2) is 4.29. The third-order valence-electron chi connectivity index (χ3n) is 3.76. The summed E-state index contributed by atoms with van der Waals surface area (Å²) >= 11 is 1.71. The van der Waals surface area contributed by atoms with Gasteiger partial charge in [0.15, 0.2) is 0 Å². The number of aliphatic imine (C=N–C) groups is 1. The number of thiophene rings is 1. The lowest BCUT2D eigenvalue weighted by Gasteiger charge is -2.31. The first-order chi connectivity index (χ1) is 9.72. The number of hydrogen-bond acceptors (Lipinski definition) is 5. The molecular weight excluding hydrogens is 270 g/mol. The molecule has 6 heteroatoms. The van der Waals surface area contributed by atoms with E-state index in [1.54, 1.807) is 11.3 Å². The van der Waals surface area contributed by atoms with E-state index in [2.05, 4.69) is 33.5 Å². The number of nitrogens with one attached hydrogen (secondary N) is 3. The molecule has 2 aromatic rings. The Bertz CT molecular complexity index is 720.